The summed E-state index contributed by atoms with van der Waals surface area (Å²) < 4.78 is 22.0. The first-order chi connectivity index (χ1) is 15.4. The molecule has 1 N–H and O–H groups in total. The van der Waals surface area contributed by atoms with Crippen molar-refractivity contribution in [3.8, 4) is 28.7 Å². The maximum Gasteiger partial charge on any atom is 0.193 e. The molecule has 7 heteroatoms. The molecule has 2 aromatic rings. The standard InChI is InChI=1S/C25H31NO6/c1-26-13-11-16(12-14-26)23-22(31-4)15-19(28)17(25(23)32-5)9-10-18(27)24-20(29-2)7-6-8-21(24)30-3/h6-10,15-16,28H,11-14H2,1-5H3/b10-9+. The van der Waals surface area contributed by atoms with Crippen LogP contribution in [0.4, 0.5) is 0 Å². The average Bonchev–Trinajstić information content (AvgIpc) is 2.82. The monoisotopic (exact) mass is 441 g/mol. The number of ketones is 1. The zero-order chi connectivity index (χ0) is 23.3. The maximum atomic E-state index is 13.0. The highest BCUT2D eigenvalue weighted by Gasteiger charge is 2.28. The minimum Gasteiger partial charge on any atom is -0.507 e. The van der Waals surface area contributed by atoms with Crippen LogP contribution < -0.4 is 18.9 Å². The fourth-order valence-corrected chi connectivity index (χ4v) is 4.22. The van der Waals surface area contributed by atoms with Crippen LogP contribution in [0.5, 0.6) is 28.7 Å². The Balaban J connectivity index is 2.04. The summed E-state index contributed by atoms with van der Waals surface area (Å²) in [5, 5.41) is 10.7. The predicted molar refractivity (Wildman–Crippen MR) is 124 cm³/mol. The second-order valence-electron chi connectivity index (χ2n) is 7.77. The lowest BCUT2D eigenvalue weighted by molar-refractivity contribution is 0.104. The van der Waals surface area contributed by atoms with Gasteiger partial charge in [0.15, 0.2) is 5.78 Å². The van der Waals surface area contributed by atoms with Crippen LogP contribution in [-0.4, -0.2) is 64.4 Å². The molecule has 0 bridgehead atoms. The maximum absolute atomic E-state index is 13.0. The molecule has 7 nitrogen and oxygen atoms in total. The molecular formula is C25H31NO6. The van der Waals surface area contributed by atoms with E-state index in [9.17, 15) is 9.90 Å². The van der Waals surface area contributed by atoms with Gasteiger partial charge >= 0.3 is 0 Å². The molecule has 3 rings (SSSR count). The third kappa shape index (κ3) is 4.67. The first-order valence-corrected chi connectivity index (χ1v) is 10.5. The predicted octanol–water partition coefficient (Wildman–Crippen LogP) is 4.13. The number of carbonyl (C=O) groups is 1. The molecule has 0 aliphatic carbocycles. The summed E-state index contributed by atoms with van der Waals surface area (Å²) in [7, 11) is 8.26. The van der Waals surface area contributed by atoms with E-state index in [1.54, 1.807) is 44.6 Å². The summed E-state index contributed by atoms with van der Waals surface area (Å²) in [6, 6.07) is 6.74. The fourth-order valence-electron chi connectivity index (χ4n) is 4.22. The van der Waals surface area contributed by atoms with E-state index in [1.807, 2.05) is 0 Å². The molecule has 1 aliphatic rings. The lowest BCUT2D eigenvalue weighted by Crippen LogP contribution is -2.29. The third-order valence-corrected chi connectivity index (χ3v) is 5.92. The molecule has 1 fully saturated rings. The second-order valence-corrected chi connectivity index (χ2v) is 7.77. The van der Waals surface area contributed by atoms with Crippen molar-refractivity contribution >= 4 is 11.9 Å². The topological polar surface area (TPSA) is 77.5 Å². The number of carbonyl (C=O) groups excluding carboxylic acids is 1. The molecule has 172 valence electrons. The molecule has 1 aliphatic heterocycles. The normalized spacial score (nSPS) is 15.0. The van der Waals surface area contributed by atoms with E-state index in [4.69, 9.17) is 18.9 Å². The Morgan fingerprint density at radius 3 is 2.12 bits per heavy atom. The van der Waals surface area contributed by atoms with Crippen LogP contribution in [0.25, 0.3) is 6.08 Å². The molecule has 2 aromatic carbocycles. The van der Waals surface area contributed by atoms with Gasteiger partial charge in [-0.25, -0.2) is 0 Å². The number of benzene rings is 2. The van der Waals surface area contributed by atoms with Gasteiger partial charge in [-0.2, -0.15) is 0 Å². The van der Waals surface area contributed by atoms with Crippen LogP contribution in [0.2, 0.25) is 0 Å². The van der Waals surface area contributed by atoms with E-state index in [2.05, 4.69) is 11.9 Å². The van der Waals surface area contributed by atoms with Gasteiger partial charge in [0.2, 0.25) is 0 Å². The lowest BCUT2D eigenvalue weighted by Gasteiger charge is -2.31. The Hall–Kier alpha value is -3.19. The minimum atomic E-state index is -0.308. The second kappa shape index (κ2) is 10.4. The van der Waals surface area contributed by atoms with Crippen molar-refractivity contribution in [1.29, 1.82) is 0 Å². The Morgan fingerprint density at radius 1 is 1.00 bits per heavy atom. The van der Waals surface area contributed by atoms with Gasteiger partial charge in [-0.05, 0) is 63.2 Å². The summed E-state index contributed by atoms with van der Waals surface area (Å²) in [6.07, 6.45) is 4.87. The molecule has 1 heterocycles. The van der Waals surface area contributed by atoms with E-state index in [0.717, 1.165) is 31.5 Å². The molecule has 1 saturated heterocycles. The van der Waals surface area contributed by atoms with Crippen LogP contribution in [0.1, 0.15) is 40.2 Å². The highest BCUT2D eigenvalue weighted by molar-refractivity contribution is 6.10. The van der Waals surface area contributed by atoms with Crippen LogP contribution in [0.3, 0.4) is 0 Å². The van der Waals surface area contributed by atoms with Crippen molar-refractivity contribution in [2.75, 3.05) is 48.6 Å². The smallest absolute Gasteiger partial charge is 0.193 e. The number of piperidine rings is 1. The summed E-state index contributed by atoms with van der Waals surface area (Å²) in [5.41, 5.74) is 1.67. The number of nitrogens with zero attached hydrogens (tertiary/aromatic N) is 1. The highest BCUT2D eigenvalue weighted by Crippen LogP contribution is 2.46. The molecule has 32 heavy (non-hydrogen) atoms. The Bertz CT molecular complexity index is 970. The molecule has 0 unspecified atom stereocenters. The number of phenolic OH excluding ortho intramolecular Hbond substituents is 1. The number of ether oxygens (including phenoxy) is 4. The van der Waals surface area contributed by atoms with Crippen molar-refractivity contribution in [3.05, 3.63) is 47.0 Å². The van der Waals surface area contributed by atoms with E-state index < -0.39 is 0 Å². The van der Waals surface area contributed by atoms with Crippen LogP contribution in [0, 0.1) is 0 Å². The Labute approximate surface area is 189 Å². The highest BCUT2D eigenvalue weighted by atomic mass is 16.5. The number of phenols is 1. The summed E-state index contributed by atoms with van der Waals surface area (Å²) >= 11 is 0. The van der Waals surface area contributed by atoms with Gasteiger partial charge in [-0.15, -0.1) is 0 Å². The molecule has 0 radical (unpaired) electrons. The summed E-state index contributed by atoms with van der Waals surface area (Å²) in [4.78, 5) is 15.3. The van der Waals surface area contributed by atoms with Crippen molar-refractivity contribution in [3.63, 3.8) is 0 Å². The van der Waals surface area contributed by atoms with Crippen molar-refractivity contribution in [1.82, 2.24) is 4.90 Å². The zero-order valence-electron chi connectivity index (χ0n) is 19.3. The molecule has 0 amide bonds. The SMILES string of the molecule is COc1cccc(OC)c1C(=O)/C=C/c1c(O)cc(OC)c(C2CCN(C)CC2)c1OC. The third-order valence-electron chi connectivity index (χ3n) is 5.92. The number of allylic oxidation sites excluding steroid dienone is 1. The summed E-state index contributed by atoms with van der Waals surface area (Å²) in [5.74, 6) is 1.84. The number of likely N-dealkylation sites (tertiary alicyclic amines) is 1. The van der Waals surface area contributed by atoms with Gasteiger partial charge < -0.3 is 29.0 Å². The van der Waals surface area contributed by atoms with Gasteiger partial charge in [0.1, 0.15) is 34.3 Å². The van der Waals surface area contributed by atoms with Gasteiger partial charge in [-0.3, -0.25) is 4.79 Å². The van der Waals surface area contributed by atoms with Gasteiger partial charge in [0, 0.05) is 11.6 Å². The lowest BCUT2D eigenvalue weighted by atomic mass is 9.86. The number of methoxy groups -OCH3 is 4. The molecule has 0 spiro atoms. The van der Waals surface area contributed by atoms with E-state index in [0.29, 0.717) is 34.1 Å². The first kappa shape index (κ1) is 23.5. The van der Waals surface area contributed by atoms with Crippen LogP contribution >= 0.6 is 0 Å². The fraction of sp³-hybridized carbons (Fsp3) is 0.400. The molecular weight excluding hydrogens is 410 g/mol. The van der Waals surface area contributed by atoms with Gasteiger partial charge in [0.05, 0.1) is 34.0 Å². The first-order valence-electron chi connectivity index (χ1n) is 10.5. The zero-order valence-corrected chi connectivity index (χ0v) is 19.3. The average molecular weight is 442 g/mol. The van der Waals surface area contributed by atoms with E-state index in [-0.39, 0.29) is 17.5 Å². The Morgan fingerprint density at radius 2 is 1.59 bits per heavy atom. The van der Waals surface area contributed by atoms with Crippen LogP contribution in [0.15, 0.2) is 30.3 Å². The molecule has 0 aromatic heterocycles. The number of hydrogen-bond acceptors (Lipinski definition) is 7. The molecule has 0 saturated carbocycles. The molecule has 0 atom stereocenters. The van der Waals surface area contributed by atoms with Gasteiger partial charge in [-0.1, -0.05) is 6.07 Å². The van der Waals surface area contributed by atoms with Gasteiger partial charge in [0.25, 0.3) is 0 Å². The number of aromatic hydroxyl groups is 1. The van der Waals surface area contributed by atoms with Crippen molar-refractivity contribution in [2.24, 2.45) is 0 Å². The number of rotatable bonds is 8. The van der Waals surface area contributed by atoms with E-state index >= 15 is 0 Å². The minimum absolute atomic E-state index is 0.0218. The Kier molecular flexibility index (Phi) is 7.64. The largest absolute Gasteiger partial charge is 0.507 e. The van der Waals surface area contributed by atoms with Crippen LogP contribution in [-0.2, 0) is 0 Å². The van der Waals surface area contributed by atoms with Crippen molar-refractivity contribution in [2.45, 2.75) is 18.8 Å². The quantitative estimate of drug-likeness (QED) is 0.487. The number of hydrogen-bond donors (Lipinski definition) is 1. The van der Waals surface area contributed by atoms with E-state index in [1.165, 1.54) is 20.3 Å². The van der Waals surface area contributed by atoms with Crippen molar-refractivity contribution < 1.29 is 28.8 Å². The summed E-state index contributed by atoms with van der Waals surface area (Å²) in [6.45, 7) is 1.93.